The van der Waals surface area contributed by atoms with Crippen LogP contribution in [0.3, 0.4) is 0 Å². The van der Waals surface area contributed by atoms with Crippen LogP contribution in [-0.2, 0) is 14.3 Å². The predicted octanol–water partition coefficient (Wildman–Crippen LogP) is 2.43. The van der Waals surface area contributed by atoms with Gasteiger partial charge in [0.15, 0.2) is 12.3 Å². The summed E-state index contributed by atoms with van der Waals surface area (Å²) in [6.07, 6.45) is -0.153. The highest BCUT2D eigenvalue weighted by atomic mass is 35.5. The number of amides is 2. The first kappa shape index (κ1) is 21.7. The Labute approximate surface area is 179 Å². The maximum atomic E-state index is 12.2. The molecule has 0 saturated heterocycles. The van der Waals surface area contributed by atoms with Crippen LogP contribution in [0.25, 0.3) is 10.9 Å². The van der Waals surface area contributed by atoms with Crippen molar-refractivity contribution < 1.29 is 24.0 Å². The fraction of sp³-hybridized carbons (Fsp3) is 0.158. The van der Waals surface area contributed by atoms with Gasteiger partial charge in [-0.25, -0.2) is 0 Å². The molecule has 1 heterocycles. The van der Waals surface area contributed by atoms with Crippen molar-refractivity contribution in [2.45, 2.75) is 6.42 Å². The van der Waals surface area contributed by atoms with Gasteiger partial charge in [-0.3, -0.25) is 29.6 Å². The number of aromatic nitrogens is 2. The van der Waals surface area contributed by atoms with E-state index in [-0.39, 0.29) is 35.1 Å². The number of nitro benzene ring substituents is 1. The number of carbonyl (C=O) groups is 3. The molecule has 3 rings (SSSR count). The number of benzene rings is 2. The number of carbonyl (C=O) groups excluding carboxylic acids is 3. The number of aromatic amines is 1. The van der Waals surface area contributed by atoms with E-state index in [1.807, 2.05) is 6.07 Å². The molecule has 160 valence electrons. The lowest BCUT2D eigenvalue weighted by molar-refractivity contribution is -0.384. The van der Waals surface area contributed by atoms with Gasteiger partial charge in [-0.15, -0.1) is 0 Å². The number of halogens is 1. The second-order valence-corrected chi connectivity index (χ2v) is 6.66. The van der Waals surface area contributed by atoms with Crippen LogP contribution in [-0.4, -0.2) is 46.1 Å². The molecule has 0 spiro atoms. The number of esters is 1. The molecule has 2 amide bonds. The van der Waals surface area contributed by atoms with Crippen LogP contribution in [0.1, 0.15) is 16.9 Å². The highest BCUT2D eigenvalue weighted by Crippen LogP contribution is 2.26. The van der Waals surface area contributed by atoms with Gasteiger partial charge in [0.2, 0.25) is 0 Å². The summed E-state index contributed by atoms with van der Waals surface area (Å²) in [5.74, 6) is -1.82. The molecule has 0 aliphatic rings. The van der Waals surface area contributed by atoms with Crippen LogP contribution >= 0.6 is 11.6 Å². The number of nitrogens with one attached hydrogen (secondary N) is 3. The first-order chi connectivity index (χ1) is 14.8. The molecule has 3 aromatic rings. The van der Waals surface area contributed by atoms with Gasteiger partial charge in [-0.05, 0) is 12.1 Å². The third-order valence-corrected chi connectivity index (χ3v) is 4.41. The van der Waals surface area contributed by atoms with E-state index in [9.17, 15) is 24.5 Å². The molecule has 0 aliphatic carbocycles. The van der Waals surface area contributed by atoms with Gasteiger partial charge in [0, 0.05) is 24.1 Å². The molecule has 0 fully saturated rings. The predicted molar refractivity (Wildman–Crippen MR) is 111 cm³/mol. The van der Waals surface area contributed by atoms with E-state index < -0.39 is 29.3 Å². The Morgan fingerprint density at radius 3 is 2.71 bits per heavy atom. The van der Waals surface area contributed by atoms with E-state index in [0.717, 1.165) is 6.07 Å². The molecule has 2 aromatic carbocycles. The Morgan fingerprint density at radius 2 is 1.97 bits per heavy atom. The lowest BCUT2D eigenvalue weighted by Gasteiger charge is -2.08. The summed E-state index contributed by atoms with van der Waals surface area (Å²) in [6, 6.07) is 10.7. The Balaban J connectivity index is 1.41. The molecule has 1 aromatic heterocycles. The minimum absolute atomic E-state index is 0.00530. The van der Waals surface area contributed by atoms with Crippen LogP contribution in [0.5, 0.6) is 0 Å². The molecular weight excluding hydrogens is 430 g/mol. The molecular formula is C19H16ClN5O6. The molecule has 0 saturated carbocycles. The zero-order chi connectivity index (χ0) is 22.4. The van der Waals surface area contributed by atoms with E-state index >= 15 is 0 Å². The normalized spacial score (nSPS) is 10.5. The van der Waals surface area contributed by atoms with E-state index in [0.29, 0.717) is 10.9 Å². The van der Waals surface area contributed by atoms with E-state index in [1.54, 1.807) is 18.2 Å². The molecule has 11 nitrogen and oxygen atoms in total. The number of nitro groups is 1. The van der Waals surface area contributed by atoms with Gasteiger partial charge in [0.1, 0.15) is 0 Å². The van der Waals surface area contributed by atoms with Gasteiger partial charge in [0.25, 0.3) is 17.5 Å². The summed E-state index contributed by atoms with van der Waals surface area (Å²) in [5, 5.41) is 23.0. The van der Waals surface area contributed by atoms with Crippen molar-refractivity contribution in [1.82, 2.24) is 15.5 Å². The third kappa shape index (κ3) is 5.54. The second kappa shape index (κ2) is 9.67. The monoisotopic (exact) mass is 445 g/mol. The van der Waals surface area contributed by atoms with Crippen LogP contribution < -0.4 is 10.6 Å². The number of rotatable bonds is 8. The number of nitrogens with zero attached hydrogens (tertiary/aromatic N) is 2. The molecule has 31 heavy (non-hydrogen) atoms. The van der Waals surface area contributed by atoms with Crippen molar-refractivity contribution in [2.75, 3.05) is 18.5 Å². The van der Waals surface area contributed by atoms with Crippen LogP contribution in [0.4, 0.5) is 11.4 Å². The average Bonchev–Trinajstić information content (AvgIpc) is 3.18. The van der Waals surface area contributed by atoms with Crippen molar-refractivity contribution in [3.05, 3.63) is 63.3 Å². The summed E-state index contributed by atoms with van der Waals surface area (Å²) in [5.41, 5.74) is 0.848. The molecule has 0 unspecified atom stereocenters. The maximum absolute atomic E-state index is 12.2. The Kier molecular flexibility index (Phi) is 6.78. The van der Waals surface area contributed by atoms with E-state index in [4.69, 9.17) is 16.3 Å². The summed E-state index contributed by atoms with van der Waals surface area (Å²) < 4.78 is 4.85. The topological polar surface area (TPSA) is 156 Å². The number of H-pyrrole nitrogens is 1. The van der Waals surface area contributed by atoms with Gasteiger partial charge in [-0.1, -0.05) is 29.8 Å². The van der Waals surface area contributed by atoms with E-state index in [1.165, 1.54) is 12.1 Å². The number of para-hydroxylation sites is 1. The number of non-ortho nitro benzene ring substituents is 1. The number of fused-ring (bicyclic) bond motifs is 1. The molecule has 0 radical (unpaired) electrons. The van der Waals surface area contributed by atoms with Crippen molar-refractivity contribution in [2.24, 2.45) is 0 Å². The number of hydrogen-bond acceptors (Lipinski definition) is 7. The van der Waals surface area contributed by atoms with Crippen molar-refractivity contribution in [3.63, 3.8) is 0 Å². The third-order valence-electron chi connectivity index (χ3n) is 4.10. The minimum atomic E-state index is -0.697. The Morgan fingerprint density at radius 1 is 1.19 bits per heavy atom. The highest BCUT2D eigenvalue weighted by Gasteiger charge is 2.15. The zero-order valence-electron chi connectivity index (χ0n) is 15.9. The van der Waals surface area contributed by atoms with Crippen LogP contribution in [0, 0.1) is 10.1 Å². The van der Waals surface area contributed by atoms with Crippen molar-refractivity contribution in [3.8, 4) is 0 Å². The largest absolute Gasteiger partial charge is 0.456 e. The Hall–Kier alpha value is -3.99. The van der Waals surface area contributed by atoms with Crippen LogP contribution in [0.2, 0.25) is 5.02 Å². The summed E-state index contributed by atoms with van der Waals surface area (Å²) >= 11 is 5.88. The highest BCUT2D eigenvalue weighted by molar-refractivity contribution is 6.34. The van der Waals surface area contributed by atoms with Crippen LogP contribution in [0.15, 0.2) is 42.5 Å². The SMILES string of the molecule is O=C(COC(=O)CCNC(=O)c1n[nH]c2ccccc12)Nc1ccc([N+](=O)[O-])cc1Cl. The maximum Gasteiger partial charge on any atom is 0.308 e. The summed E-state index contributed by atoms with van der Waals surface area (Å²) in [6.45, 7) is -0.585. The quantitative estimate of drug-likeness (QED) is 0.273. The van der Waals surface area contributed by atoms with E-state index in [2.05, 4.69) is 20.8 Å². The second-order valence-electron chi connectivity index (χ2n) is 6.25. The van der Waals surface area contributed by atoms with Gasteiger partial charge >= 0.3 is 5.97 Å². The fourth-order valence-corrected chi connectivity index (χ4v) is 2.84. The fourth-order valence-electron chi connectivity index (χ4n) is 2.62. The van der Waals surface area contributed by atoms with Gasteiger partial charge in [-0.2, -0.15) is 5.10 Å². The summed E-state index contributed by atoms with van der Waals surface area (Å²) in [4.78, 5) is 46.0. The first-order valence-corrected chi connectivity index (χ1v) is 9.33. The Bertz CT molecular complexity index is 1160. The lowest BCUT2D eigenvalue weighted by Crippen LogP contribution is -2.28. The molecule has 3 N–H and O–H groups in total. The van der Waals surface area contributed by atoms with Gasteiger partial charge < -0.3 is 15.4 Å². The molecule has 0 bridgehead atoms. The smallest absolute Gasteiger partial charge is 0.308 e. The van der Waals surface area contributed by atoms with Crippen molar-refractivity contribution >= 4 is 51.7 Å². The number of ether oxygens (including phenoxy) is 1. The van der Waals surface area contributed by atoms with Gasteiger partial charge in [0.05, 0.1) is 27.6 Å². The van der Waals surface area contributed by atoms with Crippen molar-refractivity contribution in [1.29, 1.82) is 0 Å². The average molecular weight is 446 g/mol. The standard InChI is InChI=1S/C19H16ClN5O6/c20-13-9-11(25(29)30)5-6-15(13)22-16(26)10-31-17(27)7-8-21-19(28)18-12-3-1-2-4-14(12)23-24-18/h1-6,9H,7-8,10H2,(H,21,28)(H,22,26)(H,23,24). The lowest BCUT2D eigenvalue weighted by atomic mass is 10.2. The molecule has 0 aliphatic heterocycles. The zero-order valence-corrected chi connectivity index (χ0v) is 16.6. The molecule has 12 heteroatoms. The number of anilines is 1. The minimum Gasteiger partial charge on any atom is -0.456 e. The number of hydrogen-bond donors (Lipinski definition) is 3. The molecule has 0 atom stereocenters. The first-order valence-electron chi connectivity index (χ1n) is 8.96. The summed E-state index contributed by atoms with van der Waals surface area (Å²) in [7, 11) is 0.